The summed E-state index contributed by atoms with van der Waals surface area (Å²) in [5, 5.41) is 0. The van der Waals surface area contributed by atoms with Gasteiger partial charge in [-0.2, -0.15) is 0 Å². The van der Waals surface area contributed by atoms with Crippen LogP contribution in [0, 0.1) is 5.82 Å². The Kier molecular flexibility index (Phi) is 5.77. The Bertz CT molecular complexity index is 800. The molecule has 164 valence electrons. The van der Waals surface area contributed by atoms with Crippen molar-refractivity contribution in [3.63, 3.8) is 0 Å². The normalized spacial score (nSPS) is 31.0. The topological polar surface area (TPSA) is 57.2 Å². The summed E-state index contributed by atoms with van der Waals surface area (Å²) in [6.45, 7) is 7.44. The maximum atomic E-state index is 14.6. The van der Waals surface area contributed by atoms with Gasteiger partial charge in [0.15, 0.2) is 24.1 Å². The molecule has 2 bridgehead atoms. The molecule has 3 aliphatic rings. The minimum absolute atomic E-state index is 0.0822. The zero-order valence-corrected chi connectivity index (χ0v) is 18.0. The third kappa shape index (κ3) is 4.78. The molecule has 0 N–H and O–H groups in total. The molecule has 0 spiro atoms. The Morgan fingerprint density at radius 1 is 1.20 bits per heavy atom. The molecule has 0 aliphatic carbocycles. The van der Waals surface area contributed by atoms with Gasteiger partial charge in [0.05, 0.1) is 0 Å². The molecule has 30 heavy (non-hydrogen) atoms. The van der Waals surface area contributed by atoms with Crippen molar-refractivity contribution in [3.05, 3.63) is 35.7 Å². The fraction of sp³-hybridized carbons (Fsp3) is 0.609. The highest BCUT2D eigenvalue weighted by molar-refractivity contribution is 5.69. The molecule has 0 saturated carbocycles. The molecule has 3 atom stereocenters. The van der Waals surface area contributed by atoms with Crippen LogP contribution in [0.3, 0.4) is 0 Å². The first kappa shape index (κ1) is 21.1. The largest absolute Gasteiger partial charge is 0.487 e. The van der Waals surface area contributed by atoms with Crippen molar-refractivity contribution in [2.45, 2.75) is 89.7 Å². The van der Waals surface area contributed by atoms with Gasteiger partial charge in [0.25, 0.3) is 0 Å². The molecular formula is C23H30FNO5. The Morgan fingerprint density at radius 2 is 1.87 bits per heavy atom. The van der Waals surface area contributed by atoms with Crippen molar-refractivity contribution >= 4 is 12.2 Å². The van der Waals surface area contributed by atoms with Gasteiger partial charge in [0.1, 0.15) is 11.7 Å². The van der Waals surface area contributed by atoms with E-state index in [-0.39, 0.29) is 42.6 Å². The first-order chi connectivity index (χ1) is 14.2. The molecule has 6 nitrogen and oxygen atoms in total. The van der Waals surface area contributed by atoms with Crippen LogP contribution in [0.2, 0.25) is 0 Å². The molecular weight excluding hydrogens is 389 g/mol. The van der Waals surface area contributed by atoms with Gasteiger partial charge in [-0.3, -0.25) is 0 Å². The summed E-state index contributed by atoms with van der Waals surface area (Å²) in [5.41, 5.74) is 0.199. The molecule has 7 heteroatoms. The average molecular weight is 419 g/mol. The van der Waals surface area contributed by atoms with Gasteiger partial charge in [0.2, 0.25) is 0 Å². The second kappa shape index (κ2) is 8.19. The summed E-state index contributed by atoms with van der Waals surface area (Å²) in [6, 6.07) is 5.07. The first-order valence-corrected chi connectivity index (χ1v) is 10.6. The van der Waals surface area contributed by atoms with Crippen LogP contribution < -0.4 is 4.74 Å². The van der Waals surface area contributed by atoms with Gasteiger partial charge < -0.3 is 23.8 Å². The average Bonchev–Trinajstić information content (AvgIpc) is 2.90. The lowest BCUT2D eigenvalue weighted by molar-refractivity contribution is -0.354. The van der Waals surface area contributed by atoms with E-state index in [1.807, 2.05) is 32.6 Å². The van der Waals surface area contributed by atoms with Crippen LogP contribution in [0.25, 0.3) is 6.08 Å². The number of hydrogen-bond donors (Lipinski definition) is 0. The summed E-state index contributed by atoms with van der Waals surface area (Å²) in [6.07, 6.45) is 5.81. The number of benzene rings is 1. The molecule has 0 radical (unpaired) electrons. The highest BCUT2D eigenvalue weighted by Gasteiger charge is 2.45. The fourth-order valence-corrected chi connectivity index (χ4v) is 4.40. The third-order valence-corrected chi connectivity index (χ3v) is 5.64. The van der Waals surface area contributed by atoms with Crippen molar-refractivity contribution < 1.29 is 28.1 Å². The minimum atomic E-state index is -0.516. The van der Waals surface area contributed by atoms with Crippen molar-refractivity contribution in [3.8, 4) is 5.75 Å². The zero-order valence-electron chi connectivity index (χ0n) is 18.0. The van der Waals surface area contributed by atoms with Crippen molar-refractivity contribution in [2.24, 2.45) is 0 Å². The van der Waals surface area contributed by atoms with Gasteiger partial charge in [0, 0.05) is 24.9 Å². The third-order valence-electron chi connectivity index (χ3n) is 5.64. The highest BCUT2D eigenvalue weighted by Crippen LogP contribution is 2.38. The molecule has 3 saturated heterocycles. The standard InChI is InChI=1S/C23H30FNO5/c1-14-27-21(28-14)10-6-15-5-9-20(19(24)11-15)29-18-12-16-7-8-17(13-18)25(16)22(26)30-23(2,3)4/h5-6,9-11,14,16-18,21H,7-8,12-13H2,1-4H3/b10-6+/t14?,16-,17+,18?,21?. The Labute approximate surface area is 176 Å². The Morgan fingerprint density at radius 3 is 2.43 bits per heavy atom. The van der Waals surface area contributed by atoms with Gasteiger partial charge >= 0.3 is 6.09 Å². The molecule has 1 aromatic carbocycles. The van der Waals surface area contributed by atoms with E-state index < -0.39 is 11.4 Å². The van der Waals surface area contributed by atoms with E-state index in [2.05, 4.69) is 0 Å². The fourth-order valence-electron chi connectivity index (χ4n) is 4.40. The molecule has 1 amide bonds. The lowest BCUT2D eigenvalue weighted by Crippen LogP contribution is -2.50. The van der Waals surface area contributed by atoms with Crippen LogP contribution in [0.5, 0.6) is 5.75 Å². The molecule has 0 aromatic heterocycles. The molecule has 1 unspecified atom stereocenters. The second-order valence-electron chi connectivity index (χ2n) is 9.24. The van der Waals surface area contributed by atoms with Crippen molar-refractivity contribution in [1.29, 1.82) is 0 Å². The lowest BCUT2D eigenvalue weighted by Gasteiger charge is -2.39. The van der Waals surface area contributed by atoms with Crippen LogP contribution in [-0.2, 0) is 14.2 Å². The lowest BCUT2D eigenvalue weighted by atomic mass is 10.00. The number of hydrogen-bond acceptors (Lipinski definition) is 5. The van der Waals surface area contributed by atoms with Gasteiger partial charge in [-0.25, -0.2) is 9.18 Å². The number of piperidine rings is 1. The zero-order chi connectivity index (χ0) is 21.5. The number of rotatable bonds is 4. The van der Waals surface area contributed by atoms with Crippen molar-refractivity contribution in [2.75, 3.05) is 0 Å². The van der Waals surface area contributed by atoms with Crippen molar-refractivity contribution in [1.82, 2.24) is 4.90 Å². The summed E-state index contributed by atoms with van der Waals surface area (Å²) in [4.78, 5) is 14.4. The molecule has 3 fully saturated rings. The number of carbonyl (C=O) groups is 1. The number of carbonyl (C=O) groups excluding carboxylic acids is 1. The van der Waals surface area contributed by atoms with E-state index in [1.54, 1.807) is 24.3 Å². The maximum Gasteiger partial charge on any atom is 0.410 e. The van der Waals surface area contributed by atoms with Gasteiger partial charge in [-0.1, -0.05) is 12.1 Å². The summed E-state index contributed by atoms with van der Waals surface area (Å²) >= 11 is 0. The SMILES string of the molecule is CC1OC(/C=C/c2ccc(OC3C[C@H]4CC[C@@H](C3)N4C(=O)OC(C)(C)C)c(F)c2)O1. The van der Waals surface area contributed by atoms with Gasteiger partial charge in [-0.15, -0.1) is 0 Å². The smallest absolute Gasteiger partial charge is 0.410 e. The van der Waals surface area contributed by atoms with E-state index >= 15 is 0 Å². The number of ether oxygens (including phenoxy) is 4. The minimum Gasteiger partial charge on any atom is -0.487 e. The monoisotopic (exact) mass is 419 g/mol. The van der Waals surface area contributed by atoms with Gasteiger partial charge in [-0.05, 0) is 64.3 Å². The number of nitrogens with zero attached hydrogens (tertiary/aromatic N) is 1. The van der Waals surface area contributed by atoms with Crippen LogP contribution in [0.1, 0.15) is 58.9 Å². The summed E-state index contributed by atoms with van der Waals surface area (Å²) in [7, 11) is 0. The summed E-state index contributed by atoms with van der Waals surface area (Å²) < 4.78 is 36.8. The van der Waals surface area contributed by atoms with E-state index in [4.69, 9.17) is 18.9 Å². The Hall–Kier alpha value is -2.12. The van der Waals surface area contributed by atoms with E-state index in [0.717, 1.165) is 12.8 Å². The maximum absolute atomic E-state index is 14.6. The van der Waals surface area contributed by atoms with Crippen LogP contribution in [0.4, 0.5) is 9.18 Å². The number of halogens is 1. The van der Waals surface area contributed by atoms with Crippen LogP contribution >= 0.6 is 0 Å². The second-order valence-corrected chi connectivity index (χ2v) is 9.24. The van der Waals surface area contributed by atoms with E-state index in [0.29, 0.717) is 18.4 Å². The molecule has 4 rings (SSSR count). The Balaban J connectivity index is 1.35. The summed E-state index contributed by atoms with van der Waals surface area (Å²) in [5.74, 6) is -0.157. The first-order valence-electron chi connectivity index (χ1n) is 10.6. The highest BCUT2D eigenvalue weighted by atomic mass is 19.1. The van der Waals surface area contributed by atoms with E-state index in [9.17, 15) is 9.18 Å². The molecule has 1 aromatic rings. The van der Waals surface area contributed by atoms with Crippen LogP contribution in [-0.4, -0.2) is 47.4 Å². The molecule has 3 heterocycles. The molecule has 3 aliphatic heterocycles. The predicted octanol–water partition coefficient (Wildman–Crippen LogP) is 4.87. The van der Waals surface area contributed by atoms with E-state index in [1.165, 1.54) is 6.07 Å². The number of fused-ring (bicyclic) bond motifs is 2. The van der Waals surface area contributed by atoms with Crippen LogP contribution in [0.15, 0.2) is 24.3 Å². The predicted molar refractivity (Wildman–Crippen MR) is 109 cm³/mol. The quantitative estimate of drug-likeness (QED) is 0.697. The number of amides is 1.